The highest BCUT2D eigenvalue weighted by atomic mass is 35.5. The summed E-state index contributed by atoms with van der Waals surface area (Å²) < 4.78 is 40.4. The van der Waals surface area contributed by atoms with Crippen molar-refractivity contribution in [3.63, 3.8) is 0 Å². The van der Waals surface area contributed by atoms with Crippen LogP contribution in [0, 0.1) is 5.82 Å². The van der Waals surface area contributed by atoms with Gasteiger partial charge in [0.05, 0.1) is 6.04 Å². The zero-order valence-electron chi connectivity index (χ0n) is 12.8. The SMILES string of the molecule is C[C@H](N)C(=O)Nc1ccc(F)c(S(=O)(=O)NC(C)(C)C)c1.Cl. The van der Waals surface area contributed by atoms with Crippen LogP contribution in [0.3, 0.4) is 0 Å². The first-order valence-electron chi connectivity index (χ1n) is 6.32. The first-order chi connectivity index (χ1) is 9.42. The Balaban J connectivity index is 0.00000441. The van der Waals surface area contributed by atoms with Crippen LogP contribution in [-0.2, 0) is 14.8 Å². The first-order valence-corrected chi connectivity index (χ1v) is 7.81. The van der Waals surface area contributed by atoms with Gasteiger partial charge in [-0.25, -0.2) is 17.5 Å². The summed E-state index contributed by atoms with van der Waals surface area (Å²) in [4.78, 5) is 11.0. The average molecular weight is 354 g/mol. The second kappa shape index (κ2) is 7.36. The van der Waals surface area contributed by atoms with Crippen LogP contribution < -0.4 is 15.8 Å². The van der Waals surface area contributed by atoms with E-state index in [2.05, 4.69) is 10.0 Å². The van der Waals surface area contributed by atoms with Crippen LogP contribution >= 0.6 is 12.4 Å². The number of nitrogens with one attached hydrogen (secondary N) is 2. The Morgan fingerprint density at radius 2 is 1.86 bits per heavy atom. The summed E-state index contributed by atoms with van der Waals surface area (Å²) >= 11 is 0. The minimum atomic E-state index is -4.03. The highest BCUT2D eigenvalue weighted by Gasteiger charge is 2.25. The van der Waals surface area contributed by atoms with Crippen molar-refractivity contribution in [1.82, 2.24) is 4.72 Å². The molecule has 22 heavy (non-hydrogen) atoms. The van der Waals surface area contributed by atoms with Crippen LogP contribution in [0.1, 0.15) is 27.7 Å². The number of benzene rings is 1. The molecular weight excluding hydrogens is 333 g/mol. The lowest BCUT2D eigenvalue weighted by molar-refractivity contribution is -0.117. The third-order valence-electron chi connectivity index (χ3n) is 2.34. The third kappa shape index (κ3) is 5.88. The van der Waals surface area contributed by atoms with Crippen LogP contribution in [0.25, 0.3) is 0 Å². The fourth-order valence-electron chi connectivity index (χ4n) is 1.50. The summed E-state index contributed by atoms with van der Waals surface area (Å²) in [6.45, 7) is 6.41. The molecule has 1 aromatic rings. The Bertz CT molecular complexity index is 642. The van der Waals surface area contributed by atoms with E-state index in [0.29, 0.717) is 0 Å². The first kappa shape index (κ1) is 20.8. The molecule has 0 fully saturated rings. The molecule has 126 valence electrons. The highest BCUT2D eigenvalue weighted by Crippen LogP contribution is 2.21. The number of halogens is 2. The van der Waals surface area contributed by atoms with Gasteiger partial charge < -0.3 is 11.1 Å². The molecule has 0 aliphatic rings. The van der Waals surface area contributed by atoms with Gasteiger partial charge in [0, 0.05) is 11.2 Å². The second-order valence-electron chi connectivity index (χ2n) is 5.78. The van der Waals surface area contributed by atoms with E-state index >= 15 is 0 Å². The maximum Gasteiger partial charge on any atom is 0.244 e. The molecule has 0 saturated heterocycles. The Labute approximate surface area is 136 Å². The topological polar surface area (TPSA) is 101 Å². The zero-order valence-corrected chi connectivity index (χ0v) is 14.4. The summed E-state index contributed by atoms with van der Waals surface area (Å²) in [6.07, 6.45) is 0. The molecule has 9 heteroatoms. The summed E-state index contributed by atoms with van der Waals surface area (Å²) in [5, 5.41) is 2.42. The van der Waals surface area contributed by atoms with Crippen LogP contribution in [0.5, 0.6) is 0 Å². The van der Waals surface area contributed by atoms with Crippen LogP contribution in [-0.4, -0.2) is 25.9 Å². The lowest BCUT2D eigenvalue weighted by Gasteiger charge is -2.21. The van der Waals surface area contributed by atoms with Crippen molar-refractivity contribution in [3.05, 3.63) is 24.0 Å². The lowest BCUT2D eigenvalue weighted by atomic mass is 10.1. The number of anilines is 1. The van der Waals surface area contributed by atoms with Gasteiger partial charge in [0.15, 0.2) is 0 Å². The number of rotatable bonds is 4. The smallest absolute Gasteiger partial charge is 0.244 e. The zero-order chi connectivity index (χ0) is 16.4. The molecule has 0 aromatic heterocycles. The Morgan fingerprint density at radius 3 is 2.32 bits per heavy atom. The molecule has 0 heterocycles. The highest BCUT2D eigenvalue weighted by molar-refractivity contribution is 7.89. The van der Waals surface area contributed by atoms with Crippen molar-refractivity contribution in [2.45, 2.75) is 44.2 Å². The normalized spacial score (nSPS) is 13.2. The number of hydrogen-bond donors (Lipinski definition) is 3. The van der Waals surface area contributed by atoms with Gasteiger partial charge in [0.25, 0.3) is 0 Å². The Hall–Kier alpha value is -1.22. The number of sulfonamides is 1. The van der Waals surface area contributed by atoms with Gasteiger partial charge in [0.1, 0.15) is 10.7 Å². The lowest BCUT2D eigenvalue weighted by Crippen LogP contribution is -2.40. The maximum absolute atomic E-state index is 13.8. The summed E-state index contributed by atoms with van der Waals surface area (Å²) in [5.74, 6) is -1.39. The average Bonchev–Trinajstić information content (AvgIpc) is 2.28. The molecule has 1 aromatic carbocycles. The van der Waals surface area contributed by atoms with Crippen molar-refractivity contribution in [2.75, 3.05) is 5.32 Å². The molecule has 1 atom stereocenters. The molecule has 0 bridgehead atoms. The molecule has 1 rings (SSSR count). The van der Waals surface area contributed by atoms with Crippen molar-refractivity contribution < 1.29 is 17.6 Å². The molecule has 0 radical (unpaired) electrons. The van der Waals surface area contributed by atoms with Crippen molar-refractivity contribution >= 4 is 34.0 Å². The maximum atomic E-state index is 13.8. The fraction of sp³-hybridized carbons (Fsp3) is 0.462. The molecular formula is C13H21ClFN3O3S. The van der Waals surface area contributed by atoms with E-state index in [1.807, 2.05) is 0 Å². The number of carbonyl (C=O) groups excluding carboxylic acids is 1. The summed E-state index contributed by atoms with van der Waals surface area (Å²) in [6, 6.07) is 2.55. The fourth-order valence-corrected chi connectivity index (χ4v) is 3.02. The Morgan fingerprint density at radius 1 is 1.32 bits per heavy atom. The van der Waals surface area contributed by atoms with E-state index in [-0.39, 0.29) is 18.1 Å². The molecule has 0 unspecified atom stereocenters. The molecule has 0 saturated carbocycles. The second-order valence-corrected chi connectivity index (χ2v) is 7.43. The molecule has 0 spiro atoms. The monoisotopic (exact) mass is 353 g/mol. The quantitative estimate of drug-likeness (QED) is 0.765. The molecule has 6 nitrogen and oxygen atoms in total. The predicted octanol–water partition coefficient (Wildman–Crippen LogP) is 1.61. The molecule has 0 aliphatic carbocycles. The molecule has 4 N–H and O–H groups in total. The van der Waals surface area contributed by atoms with Gasteiger partial charge in [-0.15, -0.1) is 12.4 Å². The predicted molar refractivity (Wildman–Crippen MR) is 86.0 cm³/mol. The third-order valence-corrected chi connectivity index (χ3v) is 4.12. The summed E-state index contributed by atoms with van der Waals surface area (Å²) in [5.41, 5.74) is 4.81. The van der Waals surface area contributed by atoms with Gasteiger partial charge in [-0.3, -0.25) is 4.79 Å². The van der Waals surface area contributed by atoms with Gasteiger partial charge in [-0.05, 0) is 45.9 Å². The molecule has 1 amide bonds. The van der Waals surface area contributed by atoms with Gasteiger partial charge in [-0.2, -0.15) is 0 Å². The van der Waals surface area contributed by atoms with Gasteiger partial charge >= 0.3 is 0 Å². The van der Waals surface area contributed by atoms with E-state index < -0.39 is 38.2 Å². The number of nitrogens with two attached hydrogens (primary N) is 1. The number of amides is 1. The largest absolute Gasteiger partial charge is 0.325 e. The van der Waals surface area contributed by atoms with Gasteiger partial charge in [0.2, 0.25) is 15.9 Å². The number of hydrogen-bond acceptors (Lipinski definition) is 4. The van der Waals surface area contributed by atoms with Crippen molar-refractivity contribution in [2.24, 2.45) is 5.73 Å². The Kier molecular flexibility index (Phi) is 6.96. The van der Waals surface area contributed by atoms with E-state index in [0.717, 1.165) is 12.1 Å². The van der Waals surface area contributed by atoms with Crippen molar-refractivity contribution in [3.8, 4) is 0 Å². The van der Waals surface area contributed by atoms with Crippen LogP contribution in [0.15, 0.2) is 23.1 Å². The summed E-state index contributed by atoms with van der Waals surface area (Å²) in [7, 11) is -4.03. The van der Waals surface area contributed by atoms with Crippen molar-refractivity contribution in [1.29, 1.82) is 0 Å². The number of carbonyl (C=O) groups is 1. The van der Waals surface area contributed by atoms with Crippen LogP contribution in [0.2, 0.25) is 0 Å². The van der Waals surface area contributed by atoms with E-state index in [9.17, 15) is 17.6 Å². The molecule has 0 aliphatic heterocycles. The minimum Gasteiger partial charge on any atom is -0.325 e. The minimum absolute atomic E-state index is 0. The van der Waals surface area contributed by atoms with Crippen LogP contribution in [0.4, 0.5) is 10.1 Å². The van der Waals surface area contributed by atoms with E-state index in [1.54, 1.807) is 20.8 Å². The van der Waals surface area contributed by atoms with Gasteiger partial charge in [-0.1, -0.05) is 0 Å². The van der Waals surface area contributed by atoms with E-state index in [1.165, 1.54) is 13.0 Å². The van der Waals surface area contributed by atoms with E-state index in [4.69, 9.17) is 5.73 Å². The standard InChI is InChI=1S/C13H20FN3O3S.ClH/c1-8(15)12(18)16-9-5-6-10(14)11(7-9)21(19,20)17-13(2,3)4;/h5-8,17H,15H2,1-4H3,(H,16,18);1H/t8-;/m0./s1.